The number of likely N-dealkylation sites (tertiary alicyclic amines) is 1. The molecule has 1 atom stereocenters. The zero-order chi connectivity index (χ0) is 18.9. The molecule has 0 amide bonds. The number of nitrogens with zero attached hydrogens (tertiary/aromatic N) is 3. The third-order valence-corrected chi connectivity index (χ3v) is 4.53. The molecule has 1 saturated heterocycles. The van der Waals surface area contributed by atoms with E-state index in [1.54, 1.807) is 7.05 Å². The number of esters is 1. The highest BCUT2D eigenvalue weighted by Crippen LogP contribution is 2.18. The highest BCUT2D eigenvalue weighted by Gasteiger charge is 2.28. The first-order valence-corrected chi connectivity index (χ1v) is 9.38. The van der Waals surface area contributed by atoms with Crippen molar-refractivity contribution < 1.29 is 9.53 Å². The molecule has 7 heteroatoms. The summed E-state index contributed by atoms with van der Waals surface area (Å²) in [7, 11) is 5.93. The molecule has 6 nitrogen and oxygen atoms in total. The van der Waals surface area contributed by atoms with Crippen LogP contribution in [0.5, 0.6) is 0 Å². The van der Waals surface area contributed by atoms with Gasteiger partial charge in [-0.05, 0) is 45.0 Å². The van der Waals surface area contributed by atoms with Crippen LogP contribution >= 0.6 is 24.0 Å². The summed E-state index contributed by atoms with van der Waals surface area (Å²) in [6.45, 7) is 5.53. The second kappa shape index (κ2) is 12.2. The second-order valence-electron chi connectivity index (χ2n) is 6.99. The van der Waals surface area contributed by atoms with Crippen LogP contribution in [0.1, 0.15) is 30.9 Å². The molecule has 0 bridgehead atoms. The lowest BCUT2D eigenvalue weighted by Gasteiger charge is -2.34. The van der Waals surface area contributed by atoms with E-state index in [0.717, 1.165) is 38.4 Å². The number of halogens is 1. The van der Waals surface area contributed by atoms with Gasteiger partial charge in [-0.2, -0.15) is 0 Å². The van der Waals surface area contributed by atoms with Crippen molar-refractivity contribution in [2.24, 2.45) is 10.9 Å². The number of carbonyl (C=O) groups is 1. The average molecular weight is 488 g/mol. The van der Waals surface area contributed by atoms with Crippen LogP contribution in [0, 0.1) is 5.92 Å². The lowest BCUT2D eigenvalue weighted by atomic mass is 9.98. The van der Waals surface area contributed by atoms with Crippen molar-refractivity contribution in [2.75, 3.05) is 40.8 Å². The van der Waals surface area contributed by atoms with Gasteiger partial charge in [-0.1, -0.05) is 24.3 Å². The molecule has 1 aromatic rings. The third-order valence-electron chi connectivity index (χ3n) is 4.53. The molecule has 1 aromatic carbocycles. The lowest BCUT2D eigenvalue weighted by Crippen LogP contribution is -2.48. The predicted molar refractivity (Wildman–Crippen MR) is 120 cm³/mol. The van der Waals surface area contributed by atoms with Gasteiger partial charge in [0.1, 0.15) is 0 Å². The first kappa shape index (κ1) is 23.7. The van der Waals surface area contributed by atoms with Crippen molar-refractivity contribution in [1.29, 1.82) is 0 Å². The van der Waals surface area contributed by atoms with E-state index in [2.05, 4.69) is 58.5 Å². The van der Waals surface area contributed by atoms with Crippen LogP contribution in [0.15, 0.2) is 29.3 Å². The Hall–Kier alpha value is -1.35. The SMILES string of the molecule is CCOC(=O)C1CCCN(C(=NC)NCc2ccc(CN(C)C)cc2)C1.I. The number of carbonyl (C=O) groups excluding carboxylic acids is 1. The number of hydrogen-bond donors (Lipinski definition) is 1. The molecule has 0 radical (unpaired) electrons. The van der Waals surface area contributed by atoms with Gasteiger partial charge >= 0.3 is 5.97 Å². The van der Waals surface area contributed by atoms with Gasteiger partial charge in [0.15, 0.2) is 5.96 Å². The maximum atomic E-state index is 12.0. The van der Waals surface area contributed by atoms with Gasteiger partial charge in [-0.25, -0.2) is 0 Å². The molecule has 0 aliphatic carbocycles. The lowest BCUT2D eigenvalue weighted by molar-refractivity contribution is -0.149. The van der Waals surface area contributed by atoms with Gasteiger partial charge in [-0.3, -0.25) is 9.79 Å². The van der Waals surface area contributed by atoms with Crippen LogP contribution in [0.25, 0.3) is 0 Å². The fourth-order valence-corrected chi connectivity index (χ4v) is 3.26. The van der Waals surface area contributed by atoms with E-state index in [4.69, 9.17) is 4.74 Å². The predicted octanol–water partition coefficient (Wildman–Crippen LogP) is 2.72. The topological polar surface area (TPSA) is 57.2 Å². The largest absolute Gasteiger partial charge is 0.466 e. The van der Waals surface area contributed by atoms with Gasteiger partial charge in [0.2, 0.25) is 0 Å². The van der Waals surface area contributed by atoms with E-state index in [9.17, 15) is 4.79 Å². The molecule has 1 unspecified atom stereocenters. The Kier molecular flexibility index (Phi) is 10.7. The summed E-state index contributed by atoms with van der Waals surface area (Å²) < 4.78 is 5.18. The van der Waals surface area contributed by atoms with E-state index in [1.165, 1.54) is 11.1 Å². The second-order valence-corrected chi connectivity index (χ2v) is 6.99. The fourth-order valence-electron chi connectivity index (χ4n) is 3.26. The van der Waals surface area contributed by atoms with Gasteiger partial charge in [0, 0.05) is 33.2 Å². The molecule has 2 rings (SSSR count). The molecule has 0 aromatic heterocycles. The van der Waals surface area contributed by atoms with Crippen LogP contribution < -0.4 is 5.32 Å². The number of aliphatic imine (C=N–C) groups is 1. The monoisotopic (exact) mass is 488 g/mol. The Morgan fingerprint density at radius 3 is 2.56 bits per heavy atom. The van der Waals surface area contributed by atoms with E-state index in [1.807, 2.05) is 6.92 Å². The Morgan fingerprint density at radius 2 is 1.96 bits per heavy atom. The van der Waals surface area contributed by atoms with E-state index in [0.29, 0.717) is 13.2 Å². The average Bonchev–Trinajstić information content (AvgIpc) is 2.63. The number of rotatable bonds is 6. The summed E-state index contributed by atoms with van der Waals surface area (Å²) >= 11 is 0. The van der Waals surface area contributed by atoms with Crippen LogP contribution in [-0.2, 0) is 22.6 Å². The number of benzene rings is 1. The van der Waals surface area contributed by atoms with E-state index in [-0.39, 0.29) is 35.9 Å². The molecule has 1 aliphatic heterocycles. The smallest absolute Gasteiger partial charge is 0.310 e. The Labute approximate surface area is 180 Å². The fraction of sp³-hybridized carbons (Fsp3) is 0.600. The molecule has 0 spiro atoms. The zero-order valence-electron chi connectivity index (χ0n) is 16.9. The Morgan fingerprint density at radius 1 is 1.30 bits per heavy atom. The van der Waals surface area contributed by atoms with Gasteiger partial charge in [0.25, 0.3) is 0 Å². The molecular weight excluding hydrogens is 455 g/mol. The molecule has 0 saturated carbocycles. The number of piperidine rings is 1. The molecule has 27 heavy (non-hydrogen) atoms. The molecule has 1 aliphatic rings. The molecule has 1 heterocycles. The number of guanidine groups is 1. The number of hydrogen-bond acceptors (Lipinski definition) is 4. The summed E-state index contributed by atoms with van der Waals surface area (Å²) in [4.78, 5) is 20.7. The van der Waals surface area contributed by atoms with Crippen LogP contribution in [0.3, 0.4) is 0 Å². The van der Waals surface area contributed by atoms with Crippen molar-refractivity contribution in [3.05, 3.63) is 35.4 Å². The summed E-state index contributed by atoms with van der Waals surface area (Å²) in [6.07, 6.45) is 1.86. The summed E-state index contributed by atoms with van der Waals surface area (Å²) in [5.41, 5.74) is 2.52. The normalized spacial score (nSPS) is 17.4. The number of ether oxygens (including phenoxy) is 1. The van der Waals surface area contributed by atoms with Crippen LogP contribution in [0.2, 0.25) is 0 Å². The van der Waals surface area contributed by atoms with Gasteiger partial charge in [0.05, 0.1) is 12.5 Å². The highest BCUT2D eigenvalue weighted by molar-refractivity contribution is 14.0. The maximum Gasteiger partial charge on any atom is 0.310 e. The zero-order valence-corrected chi connectivity index (χ0v) is 19.2. The summed E-state index contributed by atoms with van der Waals surface area (Å²) in [5.74, 6) is 0.688. The molecule has 152 valence electrons. The Balaban J connectivity index is 0.00000364. The Bertz CT molecular complexity index is 605. The van der Waals surface area contributed by atoms with Crippen molar-refractivity contribution in [1.82, 2.24) is 15.1 Å². The number of nitrogens with one attached hydrogen (secondary N) is 1. The minimum atomic E-state index is -0.0934. The van der Waals surface area contributed by atoms with Crippen molar-refractivity contribution in [3.8, 4) is 0 Å². The molecule has 1 N–H and O–H groups in total. The van der Waals surface area contributed by atoms with E-state index >= 15 is 0 Å². The van der Waals surface area contributed by atoms with Crippen LogP contribution in [0.4, 0.5) is 0 Å². The molecular formula is C20H33IN4O2. The minimum Gasteiger partial charge on any atom is -0.466 e. The van der Waals surface area contributed by atoms with Gasteiger partial charge in [-0.15, -0.1) is 24.0 Å². The van der Waals surface area contributed by atoms with Crippen molar-refractivity contribution in [2.45, 2.75) is 32.9 Å². The summed E-state index contributed by atoms with van der Waals surface area (Å²) in [5, 5.41) is 3.42. The standard InChI is InChI=1S/C20H32N4O2.HI/c1-5-26-19(25)18-7-6-12-24(15-18)20(21-2)22-13-16-8-10-17(11-9-16)14-23(3)4;/h8-11,18H,5-7,12-15H2,1-4H3,(H,21,22);1H. The van der Waals surface area contributed by atoms with Crippen molar-refractivity contribution >= 4 is 35.9 Å². The quantitative estimate of drug-likeness (QED) is 0.289. The van der Waals surface area contributed by atoms with Crippen molar-refractivity contribution in [3.63, 3.8) is 0 Å². The maximum absolute atomic E-state index is 12.0. The summed E-state index contributed by atoms with van der Waals surface area (Å²) in [6, 6.07) is 8.63. The highest BCUT2D eigenvalue weighted by atomic mass is 127. The van der Waals surface area contributed by atoms with Crippen LogP contribution in [-0.4, -0.2) is 62.6 Å². The first-order valence-electron chi connectivity index (χ1n) is 9.38. The first-order chi connectivity index (χ1) is 12.5. The van der Waals surface area contributed by atoms with Gasteiger partial charge < -0.3 is 19.9 Å². The third kappa shape index (κ3) is 7.65. The molecule has 1 fully saturated rings. The minimum absolute atomic E-state index is 0. The van der Waals surface area contributed by atoms with E-state index < -0.39 is 0 Å².